The Balaban J connectivity index is 1.66. The van der Waals surface area contributed by atoms with E-state index in [1.807, 2.05) is 23.8 Å². The van der Waals surface area contributed by atoms with E-state index in [1.54, 1.807) is 4.68 Å². The Labute approximate surface area is 138 Å². The summed E-state index contributed by atoms with van der Waals surface area (Å²) in [6, 6.07) is -0.0605. The van der Waals surface area contributed by atoms with Gasteiger partial charge in [0.15, 0.2) is 0 Å². The van der Waals surface area contributed by atoms with Crippen LogP contribution in [0.2, 0.25) is 0 Å². The summed E-state index contributed by atoms with van der Waals surface area (Å²) >= 11 is 0. The fourth-order valence-corrected chi connectivity index (χ4v) is 3.39. The SMILES string of the molecule is CC1=C(C(=O)N2CCCCC2c2ncn[nH]2)Cn2nnnc2N1C. The predicted octanol–water partition coefficient (Wildman–Crippen LogP) is 0.269. The van der Waals surface area contributed by atoms with E-state index in [-0.39, 0.29) is 11.9 Å². The van der Waals surface area contributed by atoms with Gasteiger partial charge in [-0.1, -0.05) is 5.10 Å². The average molecular weight is 329 g/mol. The van der Waals surface area contributed by atoms with Crippen molar-refractivity contribution in [2.24, 2.45) is 0 Å². The van der Waals surface area contributed by atoms with Gasteiger partial charge in [0.05, 0.1) is 18.2 Å². The molecule has 0 spiro atoms. The number of nitrogens with zero attached hydrogens (tertiary/aromatic N) is 8. The van der Waals surface area contributed by atoms with Crippen LogP contribution in [0.1, 0.15) is 38.1 Å². The minimum Gasteiger partial charge on any atom is -0.329 e. The molecule has 1 saturated heterocycles. The first-order valence-electron chi connectivity index (χ1n) is 8.02. The Kier molecular flexibility index (Phi) is 3.51. The highest BCUT2D eigenvalue weighted by atomic mass is 16.2. The van der Waals surface area contributed by atoms with Crippen LogP contribution in [0.4, 0.5) is 5.95 Å². The molecule has 2 aromatic heterocycles. The van der Waals surface area contributed by atoms with Crippen LogP contribution in [-0.4, -0.2) is 59.8 Å². The molecular weight excluding hydrogens is 310 g/mol. The van der Waals surface area contributed by atoms with Crippen LogP contribution in [0.25, 0.3) is 0 Å². The van der Waals surface area contributed by atoms with Crippen molar-refractivity contribution in [3.8, 4) is 0 Å². The summed E-state index contributed by atoms with van der Waals surface area (Å²) in [5.74, 6) is 1.41. The third-order valence-electron chi connectivity index (χ3n) is 4.83. The number of fused-ring (bicyclic) bond motifs is 1. The number of allylic oxidation sites excluding steroid dienone is 1. The Morgan fingerprint density at radius 3 is 3.04 bits per heavy atom. The summed E-state index contributed by atoms with van der Waals surface area (Å²) in [5, 5.41) is 18.5. The summed E-state index contributed by atoms with van der Waals surface area (Å²) in [6.07, 6.45) is 4.44. The summed E-state index contributed by atoms with van der Waals surface area (Å²) < 4.78 is 1.65. The standard InChI is InChI=1S/C14H19N9O/c1-9-10(7-23-14(21(9)2)18-19-20-23)13(24)22-6-4-3-5-11(22)12-15-8-16-17-12/h8,11H,3-7H2,1-2H3,(H,15,16,17). The number of carbonyl (C=O) groups is 1. The van der Waals surface area contributed by atoms with Gasteiger partial charge in [0.2, 0.25) is 5.95 Å². The quantitative estimate of drug-likeness (QED) is 0.842. The molecule has 10 heteroatoms. The maximum atomic E-state index is 13.2. The van der Waals surface area contributed by atoms with E-state index in [2.05, 4.69) is 30.7 Å². The molecule has 4 heterocycles. The molecule has 1 atom stereocenters. The molecule has 0 radical (unpaired) electrons. The molecular formula is C14H19N9O. The normalized spacial score (nSPS) is 21.2. The van der Waals surface area contributed by atoms with Crippen LogP contribution >= 0.6 is 0 Å². The Morgan fingerprint density at radius 2 is 2.25 bits per heavy atom. The number of piperidine rings is 1. The number of carbonyl (C=O) groups excluding carboxylic acids is 1. The van der Waals surface area contributed by atoms with Gasteiger partial charge in [-0.25, -0.2) is 9.67 Å². The highest BCUT2D eigenvalue weighted by Gasteiger charge is 2.35. The second-order valence-corrected chi connectivity index (χ2v) is 6.14. The van der Waals surface area contributed by atoms with E-state index in [9.17, 15) is 4.79 Å². The molecule has 2 aromatic rings. The number of hydrogen-bond acceptors (Lipinski definition) is 7. The van der Waals surface area contributed by atoms with Crippen LogP contribution in [0, 0.1) is 0 Å². The van der Waals surface area contributed by atoms with Gasteiger partial charge in [-0.15, -0.1) is 0 Å². The number of hydrogen-bond donors (Lipinski definition) is 1. The predicted molar refractivity (Wildman–Crippen MR) is 83.6 cm³/mol. The van der Waals surface area contributed by atoms with Gasteiger partial charge in [0, 0.05) is 19.3 Å². The van der Waals surface area contributed by atoms with E-state index in [4.69, 9.17) is 0 Å². The second-order valence-electron chi connectivity index (χ2n) is 6.14. The lowest BCUT2D eigenvalue weighted by atomic mass is 9.99. The van der Waals surface area contributed by atoms with Crippen molar-refractivity contribution in [3.05, 3.63) is 23.4 Å². The van der Waals surface area contributed by atoms with E-state index in [0.717, 1.165) is 30.8 Å². The van der Waals surface area contributed by atoms with Gasteiger partial charge < -0.3 is 9.80 Å². The van der Waals surface area contributed by atoms with Crippen molar-refractivity contribution in [2.75, 3.05) is 18.5 Å². The molecule has 2 aliphatic heterocycles. The maximum Gasteiger partial charge on any atom is 0.254 e. The van der Waals surface area contributed by atoms with Gasteiger partial charge in [0.1, 0.15) is 12.2 Å². The molecule has 1 N–H and O–H groups in total. The molecule has 1 unspecified atom stereocenters. The Bertz CT molecular complexity index is 778. The third-order valence-corrected chi connectivity index (χ3v) is 4.83. The van der Waals surface area contributed by atoms with Gasteiger partial charge >= 0.3 is 0 Å². The van der Waals surface area contributed by atoms with E-state index >= 15 is 0 Å². The van der Waals surface area contributed by atoms with Crippen LogP contribution in [0.3, 0.4) is 0 Å². The van der Waals surface area contributed by atoms with Crippen LogP contribution in [0.5, 0.6) is 0 Å². The van der Waals surface area contributed by atoms with Gasteiger partial charge in [-0.2, -0.15) is 5.10 Å². The summed E-state index contributed by atoms with van der Waals surface area (Å²) in [7, 11) is 1.87. The van der Waals surface area contributed by atoms with E-state index in [1.165, 1.54) is 6.33 Å². The van der Waals surface area contributed by atoms with Gasteiger partial charge in [-0.3, -0.25) is 9.89 Å². The number of tetrazole rings is 1. The molecule has 0 aromatic carbocycles. The molecule has 24 heavy (non-hydrogen) atoms. The van der Waals surface area contributed by atoms with Crippen molar-refractivity contribution in [1.82, 2.24) is 40.3 Å². The summed E-state index contributed by atoms with van der Waals surface area (Å²) in [4.78, 5) is 21.2. The van der Waals surface area contributed by atoms with E-state index in [0.29, 0.717) is 24.6 Å². The van der Waals surface area contributed by atoms with Crippen molar-refractivity contribution in [1.29, 1.82) is 0 Å². The second kappa shape index (κ2) is 5.69. The van der Waals surface area contributed by atoms with Crippen LogP contribution in [0.15, 0.2) is 17.6 Å². The monoisotopic (exact) mass is 329 g/mol. The molecule has 0 saturated carbocycles. The first kappa shape index (κ1) is 14.8. The van der Waals surface area contributed by atoms with Gasteiger partial charge in [-0.05, 0) is 36.6 Å². The smallest absolute Gasteiger partial charge is 0.254 e. The Hall–Kier alpha value is -2.78. The number of likely N-dealkylation sites (tertiary alicyclic amines) is 1. The number of aromatic nitrogens is 7. The zero-order chi connectivity index (χ0) is 16.7. The third kappa shape index (κ3) is 2.25. The number of H-pyrrole nitrogens is 1. The van der Waals surface area contributed by atoms with E-state index < -0.39 is 0 Å². The lowest BCUT2D eigenvalue weighted by molar-refractivity contribution is -0.131. The minimum absolute atomic E-state index is 0.0154. The number of anilines is 1. The molecule has 126 valence electrons. The number of aromatic amines is 1. The van der Waals surface area contributed by atoms with Crippen LogP contribution in [-0.2, 0) is 11.3 Å². The number of rotatable bonds is 2. The molecule has 2 aliphatic rings. The molecule has 1 amide bonds. The van der Waals surface area contributed by atoms with Crippen molar-refractivity contribution in [3.63, 3.8) is 0 Å². The summed E-state index contributed by atoms with van der Waals surface area (Å²) in [5.41, 5.74) is 1.59. The largest absolute Gasteiger partial charge is 0.329 e. The first-order chi connectivity index (χ1) is 11.7. The lowest BCUT2D eigenvalue weighted by Gasteiger charge is -2.36. The van der Waals surface area contributed by atoms with Crippen molar-refractivity contribution in [2.45, 2.75) is 38.8 Å². The van der Waals surface area contributed by atoms with Crippen molar-refractivity contribution < 1.29 is 4.79 Å². The highest BCUT2D eigenvalue weighted by Crippen LogP contribution is 2.32. The summed E-state index contributed by atoms with van der Waals surface area (Å²) in [6.45, 7) is 3.03. The van der Waals surface area contributed by atoms with Crippen molar-refractivity contribution >= 4 is 11.9 Å². The fraction of sp³-hybridized carbons (Fsp3) is 0.571. The van der Waals surface area contributed by atoms with Crippen LogP contribution < -0.4 is 4.90 Å². The highest BCUT2D eigenvalue weighted by molar-refractivity contribution is 5.95. The molecule has 0 aliphatic carbocycles. The number of amides is 1. The number of nitrogens with one attached hydrogen (secondary N) is 1. The lowest BCUT2D eigenvalue weighted by Crippen LogP contribution is -2.42. The topological polar surface area (TPSA) is 109 Å². The average Bonchev–Trinajstić information content (AvgIpc) is 3.29. The molecule has 1 fully saturated rings. The van der Waals surface area contributed by atoms with Gasteiger partial charge in [0.25, 0.3) is 5.91 Å². The maximum absolute atomic E-state index is 13.2. The zero-order valence-electron chi connectivity index (χ0n) is 13.7. The molecule has 0 bridgehead atoms. The zero-order valence-corrected chi connectivity index (χ0v) is 13.7. The molecule has 10 nitrogen and oxygen atoms in total. The first-order valence-corrected chi connectivity index (χ1v) is 8.02. The molecule has 4 rings (SSSR count). The minimum atomic E-state index is -0.0605. The Morgan fingerprint density at radius 1 is 1.38 bits per heavy atom. The fourth-order valence-electron chi connectivity index (χ4n) is 3.39.